The Morgan fingerprint density at radius 2 is 2.00 bits per heavy atom. The van der Waals surface area contributed by atoms with Gasteiger partial charge in [-0.25, -0.2) is 18.7 Å². The van der Waals surface area contributed by atoms with E-state index in [0.717, 1.165) is 55.6 Å². The normalized spacial score (nSPS) is 21.5. The summed E-state index contributed by atoms with van der Waals surface area (Å²) in [6.07, 6.45) is 6.05. The third kappa shape index (κ3) is 3.13. The van der Waals surface area contributed by atoms with Crippen LogP contribution >= 0.6 is 11.3 Å². The van der Waals surface area contributed by atoms with Gasteiger partial charge in [-0.2, -0.15) is 5.26 Å². The molecule has 3 aliphatic heterocycles. The molecular weight excluding hydrogens is 496 g/mol. The fourth-order valence-electron chi connectivity index (χ4n) is 6.31. The monoisotopic (exact) mass is 519 g/mol. The molecule has 1 unspecified atom stereocenters. The second kappa shape index (κ2) is 8.02. The van der Waals surface area contributed by atoms with Crippen LogP contribution in [0.1, 0.15) is 36.0 Å². The summed E-state index contributed by atoms with van der Waals surface area (Å²) in [6.45, 7) is 3.13. The van der Waals surface area contributed by atoms with E-state index in [9.17, 15) is 9.65 Å². The molecule has 3 aliphatic rings. The van der Waals surface area contributed by atoms with Crippen molar-refractivity contribution in [1.29, 1.82) is 5.26 Å². The fourth-order valence-corrected chi connectivity index (χ4v) is 7.23. The van der Waals surface area contributed by atoms with E-state index in [2.05, 4.69) is 26.8 Å². The summed E-state index contributed by atoms with van der Waals surface area (Å²) in [5, 5.41) is 10.7. The van der Waals surface area contributed by atoms with Gasteiger partial charge in [0.15, 0.2) is 11.6 Å². The van der Waals surface area contributed by atoms with Crippen molar-refractivity contribution < 1.29 is 13.5 Å². The molecule has 2 N–H and O–H groups in total. The molecule has 8 nitrogen and oxygen atoms in total. The summed E-state index contributed by atoms with van der Waals surface area (Å²) in [5.74, 6) is -0.692. The molecule has 0 radical (unpaired) electrons. The standard InChI is InChI=1S/C26H23F2N7OS/c1-34-5-2-3-26(34)4-6-35(12-26)25-32-8-14-15-10-36-11-16(15)18(20(28)21(14)33-25)22-19-13(7-29)24(30)37-23(19)17(27)9-31-22/h8-9H,2-6,10-12,30H2,1H3. The highest BCUT2D eigenvalue weighted by Crippen LogP contribution is 2.45. The van der Waals surface area contributed by atoms with Crippen LogP contribution in [0.2, 0.25) is 0 Å². The Kier molecular flexibility index (Phi) is 4.92. The number of nitriles is 1. The minimum atomic E-state index is -0.601. The summed E-state index contributed by atoms with van der Waals surface area (Å²) < 4.78 is 37.0. The predicted molar refractivity (Wildman–Crippen MR) is 137 cm³/mol. The van der Waals surface area contributed by atoms with E-state index >= 15 is 4.39 Å². The number of pyridine rings is 1. The first kappa shape index (κ1) is 22.7. The van der Waals surface area contributed by atoms with Gasteiger partial charge in [-0.1, -0.05) is 0 Å². The molecule has 2 saturated heterocycles. The second-order valence-electron chi connectivity index (χ2n) is 10.1. The van der Waals surface area contributed by atoms with Crippen LogP contribution in [0.4, 0.5) is 19.7 Å². The van der Waals surface area contributed by atoms with Gasteiger partial charge in [0.1, 0.15) is 16.6 Å². The number of rotatable bonds is 2. The maximum absolute atomic E-state index is 16.5. The summed E-state index contributed by atoms with van der Waals surface area (Å²) in [4.78, 5) is 18.2. The Labute approximate surface area is 215 Å². The molecule has 1 spiro atoms. The number of aromatic nitrogens is 3. The maximum Gasteiger partial charge on any atom is 0.226 e. The van der Waals surface area contributed by atoms with Crippen molar-refractivity contribution in [3.63, 3.8) is 0 Å². The molecule has 3 aromatic heterocycles. The molecular formula is C26H23F2N7OS. The molecule has 7 rings (SSSR count). The van der Waals surface area contributed by atoms with E-state index in [-0.39, 0.29) is 56.2 Å². The van der Waals surface area contributed by atoms with Crippen LogP contribution in [0, 0.1) is 23.0 Å². The quantitative estimate of drug-likeness (QED) is 0.417. The molecule has 0 bridgehead atoms. The number of anilines is 2. The van der Waals surface area contributed by atoms with E-state index in [1.807, 2.05) is 6.07 Å². The van der Waals surface area contributed by atoms with Gasteiger partial charge in [0.2, 0.25) is 5.95 Å². The minimum absolute atomic E-state index is 0.0978. The largest absolute Gasteiger partial charge is 0.389 e. The van der Waals surface area contributed by atoms with Gasteiger partial charge in [-0.05, 0) is 44.0 Å². The Morgan fingerprint density at radius 1 is 1.16 bits per heavy atom. The highest BCUT2D eigenvalue weighted by atomic mass is 32.1. The number of nitrogens with zero attached hydrogens (tertiary/aromatic N) is 6. The van der Waals surface area contributed by atoms with Crippen molar-refractivity contribution >= 4 is 43.3 Å². The smallest absolute Gasteiger partial charge is 0.226 e. The highest BCUT2D eigenvalue weighted by Gasteiger charge is 2.45. The zero-order valence-electron chi connectivity index (χ0n) is 20.1. The third-order valence-electron chi connectivity index (χ3n) is 8.29. The molecule has 0 aliphatic carbocycles. The molecule has 2 fully saturated rings. The van der Waals surface area contributed by atoms with Crippen molar-refractivity contribution in [3.8, 4) is 17.3 Å². The zero-order chi connectivity index (χ0) is 25.5. The third-order valence-corrected chi connectivity index (χ3v) is 9.32. The molecule has 11 heteroatoms. The topological polar surface area (TPSA) is 104 Å². The number of halogens is 2. The minimum Gasteiger partial charge on any atom is -0.389 e. The molecule has 4 aromatic rings. The molecule has 6 heterocycles. The second-order valence-corrected chi connectivity index (χ2v) is 11.2. The number of likely N-dealkylation sites (N-methyl/N-ethyl adjacent to an activating group) is 1. The Balaban J connectivity index is 1.44. The van der Waals surface area contributed by atoms with Crippen molar-refractivity contribution in [2.45, 2.75) is 38.0 Å². The van der Waals surface area contributed by atoms with E-state index < -0.39 is 11.6 Å². The number of ether oxygens (including phenoxy) is 1. The van der Waals surface area contributed by atoms with E-state index in [1.165, 1.54) is 6.42 Å². The van der Waals surface area contributed by atoms with Crippen LogP contribution in [-0.4, -0.2) is 52.1 Å². The Hall–Kier alpha value is -3.46. The SMILES string of the molecule is CN1CCCC12CCN(c1ncc3c4c(c(-c5ncc(F)c6sc(N)c(C#N)c56)c(F)c3n1)COC4)C2. The van der Waals surface area contributed by atoms with Gasteiger partial charge in [-0.15, -0.1) is 11.3 Å². The summed E-state index contributed by atoms with van der Waals surface area (Å²) in [6, 6.07) is 2.04. The summed E-state index contributed by atoms with van der Waals surface area (Å²) >= 11 is 0.960. The van der Waals surface area contributed by atoms with Crippen LogP contribution in [0.25, 0.3) is 32.2 Å². The first-order valence-electron chi connectivity index (χ1n) is 12.2. The lowest BCUT2D eigenvalue weighted by atomic mass is 9.94. The fraction of sp³-hybridized carbons (Fsp3) is 0.385. The van der Waals surface area contributed by atoms with Gasteiger partial charge >= 0.3 is 0 Å². The lowest BCUT2D eigenvalue weighted by Crippen LogP contribution is -2.43. The molecule has 0 amide bonds. The van der Waals surface area contributed by atoms with Gasteiger partial charge < -0.3 is 15.4 Å². The van der Waals surface area contributed by atoms with Gasteiger partial charge in [-0.3, -0.25) is 9.88 Å². The Morgan fingerprint density at radius 3 is 2.78 bits per heavy atom. The molecule has 1 aromatic carbocycles. The number of benzene rings is 1. The number of likely N-dealkylation sites (tertiary alicyclic amines) is 1. The predicted octanol–water partition coefficient (Wildman–Crippen LogP) is 4.34. The Bertz CT molecular complexity index is 1670. The number of nitrogens with two attached hydrogens (primary N) is 1. The first-order chi connectivity index (χ1) is 17.9. The molecule has 1 atom stereocenters. The average molecular weight is 520 g/mol. The first-order valence-corrected chi connectivity index (χ1v) is 13.0. The summed E-state index contributed by atoms with van der Waals surface area (Å²) in [5.41, 5.74) is 8.16. The number of thiophene rings is 1. The van der Waals surface area contributed by atoms with Crippen LogP contribution < -0.4 is 10.6 Å². The lowest BCUT2D eigenvalue weighted by Gasteiger charge is -2.31. The molecule has 188 valence electrons. The van der Waals surface area contributed by atoms with Crippen LogP contribution in [0.5, 0.6) is 0 Å². The highest BCUT2D eigenvalue weighted by molar-refractivity contribution is 7.23. The molecule has 0 saturated carbocycles. The van der Waals surface area contributed by atoms with Crippen molar-refractivity contribution in [2.24, 2.45) is 0 Å². The van der Waals surface area contributed by atoms with Gasteiger partial charge in [0.05, 0.1) is 35.4 Å². The van der Waals surface area contributed by atoms with Crippen molar-refractivity contribution in [1.82, 2.24) is 19.9 Å². The maximum atomic E-state index is 16.5. The van der Waals surface area contributed by atoms with Crippen LogP contribution in [0.3, 0.4) is 0 Å². The van der Waals surface area contributed by atoms with E-state index in [1.54, 1.807) is 6.20 Å². The van der Waals surface area contributed by atoms with E-state index in [0.29, 0.717) is 16.9 Å². The van der Waals surface area contributed by atoms with Crippen LogP contribution in [0.15, 0.2) is 12.4 Å². The zero-order valence-corrected chi connectivity index (χ0v) is 21.0. The van der Waals surface area contributed by atoms with Gasteiger partial charge in [0, 0.05) is 41.2 Å². The van der Waals surface area contributed by atoms with Crippen LogP contribution in [-0.2, 0) is 18.0 Å². The number of fused-ring (bicyclic) bond motifs is 4. The van der Waals surface area contributed by atoms with Crippen molar-refractivity contribution in [2.75, 3.05) is 37.3 Å². The lowest BCUT2D eigenvalue weighted by molar-refractivity contribution is 0.135. The van der Waals surface area contributed by atoms with E-state index in [4.69, 9.17) is 15.5 Å². The van der Waals surface area contributed by atoms with Crippen molar-refractivity contribution in [3.05, 3.63) is 40.7 Å². The molecule has 37 heavy (non-hydrogen) atoms. The number of hydrogen-bond donors (Lipinski definition) is 1. The number of hydrogen-bond acceptors (Lipinski definition) is 9. The summed E-state index contributed by atoms with van der Waals surface area (Å²) in [7, 11) is 2.16. The van der Waals surface area contributed by atoms with Gasteiger partial charge in [0.25, 0.3) is 0 Å². The average Bonchev–Trinajstić information content (AvgIpc) is 3.68. The number of nitrogen functional groups attached to an aromatic ring is 1.